The van der Waals surface area contributed by atoms with Gasteiger partial charge >= 0.3 is 0 Å². The van der Waals surface area contributed by atoms with E-state index >= 15 is 0 Å². The highest BCUT2D eigenvalue weighted by molar-refractivity contribution is 5.82. The Labute approximate surface area is 99.6 Å². The molecule has 0 radical (unpaired) electrons. The normalized spacial score (nSPS) is 27.3. The highest BCUT2D eigenvalue weighted by Crippen LogP contribution is 2.18. The molecule has 0 aromatic heterocycles. The molecule has 0 aromatic carbocycles. The highest BCUT2D eigenvalue weighted by Gasteiger charge is 2.27. The first-order chi connectivity index (χ1) is 7.27. The van der Waals surface area contributed by atoms with Gasteiger partial charge in [0.1, 0.15) is 0 Å². The van der Waals surface area contributed by atoms with Crippen molar-refractivity contribution < 1.29 is 4.79 Å². The predicted octanol–water partition coefficient (Wildman–Crippen LogP) is 2.02. The van der Waals surface area contributed by atoms with Gasteiger partial charge < -0.3 is 10.2 Å². The van der Waals surface area contributed by atoms with Crippen molar-refractivity contribution in [3.63, 3.8) is 0 Å². The third-order valence-corrected chi connectivity index (χ3v) is 3.70. The van der Waals surface area contributed by atoms with Crippen LogP contribution in [0.2, 0.25) is 0 Å². The minimum Gasteiger partial charge on any atom is -0.341 e. The summed E-state index contributed by atoms with van der Waals surface area (Å²) < 4.78 is 0. The molecule has 2 heterocycles. The molecule has 16 heavy (non-hydrogen) atoms. The van der Waals surface area contributed by atoms with E-state index < -0.39 is 0 Å². The van der Waals surface area contributed by atoms with Crippen LogP contribution in [0, 0.1) is 5.92 Å². The molecule has 0 spiro atoms. The first-order valence-corrected chi connectivity index (χ1v) is 6.29. The number of likely N-dealkylation sites (tertiary alicyclic amines) is 1. The molecule has 2 fully saturated rings. The van der Waals surface area contributed by atoms with E-state index in [9.17, 15) is 4.79 Å². The average Bonchev–Trinajstić information content (AvgIpc) is 2.30. The van der Waals surface area contributed by atoms with E-state index in [-0.39, 0.29) is 13.5 Å². The van der Waals surface area contributed by atoms with Gasteiger partial charge in [0.2, 0.25) is 5.91 Å². The van der Waals surface area contributed by atoms with Gasteiger partial charge in [-0.2, -0.15) is 0 Å². The number of amides is 1. The predicted molar refractivity (Wildman–Crippen MR) is 67.4 cm³/mol. The van der Waals surface area contributed by atoms with Crippen LogP contribution in [0.1, 0.15) is 46.5 Å². The highest BCUT2D eigenvalue weighted by atomic mass is 16.2. The quantitative estimate of drug-likeness (QED) is 0.742. The molecule has 1 N–H and O–H groups in total. The summed E-state index contributed by atoms with van der Waals surface area (Å²) in [5.41, 5.74) is 0. The first-order valence-electron chi connectivity index (χ1n) is 6.29. The fraction of sp³-hybridized carbons (Fsp3) is 0.923. The number of nitrogens with one attached hydrogen (secondary N) is 1. The van der Waals surface area contributed by atoms with Crippen LogP contribution in [0.5, 0.6) is 0 Å². The van der Waals surface area contributed by atoms with Crippen LogP contribution in [0.4, 0.5) is 0 Å². The monoisotopic (exact) mass is 226 g/mol. The Balaban J connectivity index is 0.00000128. The van der Waals surface area contributed by atoms with E-state index in [2.05, 4.69) is 17.1 Å². The molecular formula is C13H26N2O. The largest absolute Gasteiger partial charge is 0.341 e. The molecule has 1 unspecified atom stereocenters. The maximum atomic E-state index is 12.1. The smallest absolute Gasteiger partial charge is 0.239 e. The van der Waals surface area contributed by atoms with E-state index in [0.717, 1.165) is 32.0 Å². The maximum absolute atomic E-state index is 12.1. The summed E-state index contributed by atoms with van der Waals surface area (Å²) in [6.45, 7) is 5.23. The lowest BCUT2D eigenvalue weighted by atomic mass is 9.97. The minimum absolute atomic E-state index is 0. The Morgan fingerprint density at radius 3 is 2.44 bits per heavy atom. The van der Waals surface area contributed by atoms with Gasteiger partial charge in [-0.05, 0) is 38.1 Å². The van der Waals surface area contributed by atoms with E-state index in [0.29, 0.717) is 5.91 Å². The lowest BCUT2D eigenvalue weighted by molar-refractivity contribution is -0.135. The number of hydrogen-bond donors (Lipinski definition) is 1. The summed E-state index contributed by atoms with van der Waals surface area (Å²) in [6, 6.07) is 0.118. The van der Waals surface area contributed by atoms with Gasteiger partial charge in [0.25, 0.3) is 0 Å². The van der Waals surface area contributed by atoms with Crippen molar-refractivity contribution in [2.75, 3.05) is 19.6 Å². The molecular weight excluding hydrogens is 200 g/mol. The molecule has 3 nitrogen and oxygen atoms in total. The second kappa shape index (κ2) is 6.24. The van der Waals surface area contributed by atoms with E-state index in [1.807, 2.05) is 0 Å². The van der Waals surface area contributed by atoms with Crippen molar-refractivity contribution in [3.8, 4) is 0 Å². The number of carbonyl (C=O) groups is 1. The van der Waals surface area contributed by atoms with Gasteiger partial charge in [0.15, 0.2) is 0 Å². The van der Waals surface area contributed by atoms with Crippen molar-refractivity contribution >= 4 is 5.91 Å². The van der Waals surface area contributed by atoms with Crippen molar-refractivity contribution in [3.05, 3.63) is 0 Å². The number of piperidine rings is 2. The molecule has 0 bridgehead atoms. The van der Waals surface area contributed by atoms with E-state index in [1.54, 1.807) is 0 Å². The SMILES string of the molecule is C.CC1CCN(C(=O)C2CCCCN2)CC1. The molecule has 2 rings (SSSR count). The Kier molecular flexibility index (Phi) is 5.26. The van der Waals surface area contributed by atoms with Crippen LogP contribution in [0.15, 0.2) is 0 Å². The number of carbonyl (C=O) groups excluding carboxylic acids is 1. The molecule has 2 aliphatic rings. The zero-order chi connectivity index (χ0) is 10.7. The standard InChI is InChI=1S/C12H22N2O.CH4/c1-10-5-8-14(9-6-10)12(15)11-4-2-3-7-13-11;/h10-11,13H,2-9H2,1H3;1H4. The molecule has 1 atom stereocenters. The van der Waals surface area contributed by atoms with Gasteiger partial charge in [-0.1, -0.05) is 20.8 Å². The molecule has 0 saturated carbocycles. The average molecular weight is 226 g/mol. The summed E-state index contributed by atoms with van der Waals surface area (Å²) in [5, 5.41) is 3.34. The van der Waals surface area contributed by atoms with Crippen LogP contribution >= 0.6 is 0 Å². The van der Waals surface area contributed by atoms with Gasteiger partial charge in [-0.3, -0.25) is 4.79 Å². The lowest BCUT2D eigenvalue weighted by Crippen LogP contribution is -2.50. The molecule has 2 aliphatic heterocycles. The topological polar surface area (TPSA) is 32.3 Å². The fourth-order valence-corrected chi connectivity index (χ4v) is 2.51. The minimum atomic E-state index is 0. The van der Waals surface area contributed by atoms with Gasteiger partial charge in [0, 0.05) is 13.1 Å². The van der Waals surface area contributed by atoms with Crippen molar-refractivity contribution in [1.82, 2.24) is 10.2 Å². The van der Waals surface area contributed by atoms with E-state index in [4.69, 9.17) is 0 Å². The summed E-state index contributed by atoms with van der Waals surface area (Å²) >= 11 is 0. The van der Waals surface area contributed by atoms with Crippen LogP contribution in [-0.4, -0.2) is 36.5 Å². The van der Waals surface area contributed by atoms with Crippen molar-refractivity contribution in [1.29, 1.82) is 0 Å². The third kappa shape index (κ3) is 3.21. The summed E-state index contributed by atoms with van der Waals surface area (Å²) in [7, 11) is 0. The van der Waals surface area contributed by atoms with Gasteiger partial charge in [-0.15, -0.1) is 0 Å². The molecule has 0 aliphatic carbocycles. The summed E-state index contributed by atoms with van der Waals surface area (Å²) in [5.74, 6) is 1.15. The first kappa shape index (κ1) is 13.5. The molecule has 0 aromatic rings. The third-order valence-electron chi connectivity index (χ3n) is 3.70. The van der Waals surface area contributed by atoms with Crippen LogP contribution in [0.3, 0.4) is 0 Å². The van der Waals surface area contributed by atoms with E-state index in [1.165, 1.54) is 25.7 Å². The molecule has 2 saturated heterocycles. The second-order valence-electron chi connectivity index (χ2n) is 5.01. The molecule has 3 heteroatoms. The van der Waals surface area contributed by atoms with Crippen LogP contribution in [-0.2, 0) is 4.79 Å². The Morgan fingerprint density at radius 2 is 1.88 bits per heavy atom. The van der Waals surface area contributed by atoms with Crippen LogP contribution in [0.25, 0.3) is 0 Å². The Morgan fingerprint density at radius 1 is 1.19 bits per heavy atom. The Bertz CT molecular complexity index is 216. The lowest BCUT2D eigenvalue weighted by Gasteiger charge is -2.34. The number of rotatable bonds is 1. The zero-order valence-corrected chi connectivity index (χ0v) is 9.67. The summed E-state index contributed by atoms with van der Waals surface area (Å²) in [4.78, 5) is 14.2. The van der Waals surface area contributed by atoms with Gasteiger partial charge in [0.05, 0.1) is 6.04 Å². The summed E-state index contributed by atoms with van der Waals surface area (Å²) in [6.07, 6.45) is 5.82. The zero-order valence-electron chi connectivity index (χ0n) is 9.67. The van der Waals surface area contributed by atoms with Gasteiger partial charge in [-0.25, -0.2) is 0 Å². The van der Waals surface area contributed by atoms with Crippen molar-refractivity contribution in [2.45, 2.75) is 52.5 Å². The molecule has 1 amide bonds. The number of hydrogen-bond acceptors (Lipinski definition) is 2. The number of nitrogens with zero attached hydrogens (tertiary/aromatic N) is 1. The fourth-order valence-electron chi connectivity index (χ4n) is 2.51. The maximum Gasteiger partial charge on any atom is 0.239 e. The second-order valence-corrected chi connectivity index (χ2v) is 5.01. The van der Waals surface area contributed by atoms with Crippen LogP contribution < -0.4 is 5.32 Å². The molecule has 94 valence electrons. The van der Waals surface area contributed by atoms with Crippen molar-refractivity contribution in [2.24, 2.45) is 5.92 Å². The Hall–Kier alpha value is -0.570.